The molecular weight excluding hydrogens is 226 g/mol. The zero-order valence-corrected chi connectivity index (χ0v) is 10.3. The van der Waals surface area contributed by atoms with Crippen molar-refractivity contribution < 1.29 is 0 Å². The van der Waals surface area contributed by atoms with Gasteiger partial charge < -0.3 is 11.1 Å². The lowest BCUT2D eigenvalue weighted by molar-refractivity contribution is 0.982. The maximum Gasteiger partial charge on any atom is 0.125 e. The van der Waals surface area contributed by atoms with E-state index in [9.17, 15) is 0 Å². The summed E-state index contributed by atoms with van der Waals surface area (Å²) in [6.45, 7) is 0.945. The van der Waals surface area contributed by atoms with Crippen LogP contribution in [-0.2, 0) is 0 Å². The van der Waals surface area contributed by atoms with Crippen molar-refractivity contribution in [3.8, 4) is 0 Å². The number of hydrogen-bond donors (Lipinski definition) is 2. The average Bonchev–Trinajstić information content (AvgIpc) is 2.25. The van der Waals surface area contributed by atoms with Gasteiger partial charge in [0.2, 0.25) is 0 Å². The molecule has 1 aromatic heterocycles. The molecule has 0 aromatic carbocycles. The van der Waals surface area contributed by atoms with E-state index >= 15 is 0 Å². The zero-order chi connectivity index (χ0) is 11.1. The van der Waals surface area contributed by atoms with Crippen LogP contribution in [0.5, 0.6) is 0 Å². The van der Waals surface area contributed by atoms with Gasteiger partial charge in [-0.25, -0.2) is 4.98 Å². The fraction of sp³-hybridized carbons (Fsp3) is 0.400. The van der Waals surface area contributed by atoms with Gasteiger partial charge in [0.05, 0.1) is 0 Å². The fourth-order valence-corrected chi connectivity index (χ4v) is 1.63. The van der Waals surface area contributed by atoms with Crippen LogP contribution in [0.2, 0.25) is 0 Å². The summed E-state index contributed by atoms with van der Waals surface area (Å²) in [5.74, 6) is 2.04. The van der Waals surface area contributed by atoms with Crippen LogP contribution >= 0.6 is 24.0 Å². The highest BCUT2D eigenvalue weighted by Gasteiger charge is 1.97. The quantitative estimate of drug-likeness (QED) is 0.588. The number of aromatic nitrogens is 1. The van der Waals surface area contributed by atoms with E-state index in [0.29, 0.717) is 4.99 Å². The van der Waals surface area contributed by atoms with Crippen LogP contribution in [0, 0.1) is 0 Å². The second kappa shape index (κ2) is 6.63. The number of nitrogens with two attached hydrogens (primary N) is 1. The molecule has 0 atom stereocenters. The Morgan fingerprint density at radius 1 is 1.60 bits per heavy atom. The standard InChI is InChI=1S/C10H15N3S2/c1-15-6-2-5-12-9-4-3-8(7-13-9)10(11)14/h3-4,7H,2,5-6H2,1H3,(H2,11,14)(H,12,13). The van der Waals surface area contributed by atoms with Gasteiger partial charge in [0, 0.05) is 18.3 Å². The molecule has 0 bridgehead atoms. The molecule has 0 spiro atoms. The van der Waals surface area contributed by atoms with Crippen LogP contribution in [0.3, 0.4) is 0 Å². The summed E-state index contributed by atoms with van der Waals surface area (Å²) in [5.41, 5.74) is 6.28. The lowest BCUT2D eigenvalue weighted by Gasteiger charge is -2.05. The first-order valence-electron chi connectivity index (χ1n) is 4.72. The Labute approximate surface area is 99.8 Å². The molecule has 3 nitrogen and oxygen atoms in total. The molecule has 82 valence electrons. The number of nitrogens with one attached hydrogen (secondary N) is 1. The van der Waals surface area contributed by atoms with E-state index < -0.39 is 0 Å². The molecule has 0 aliphatic carbocycles. The van der Waals surface area contributed by atoms with Gasteiger partial charge in [0.1, 0.15) is 10.8 Å². The molecule has 0 amide bonds. The van der Waals surface area contributed by atoms with Gasteiger partial charge in [-0.05, 0) is 30.6 Å². The van der Waals surface area contributed by atoms with Gasteiger partial charge in [-0.15, -0.1) is 0 Å². The molecule has 0 saturated carbocycles. The van der Waals surface area contributed by atoms with Gasteiger partial charge in [-0.1, -0.05) is 12.2 Å². The molecular formula is C10H15N3S2. The van der Waals surface area contributed by atoms with Crippen LogP contribution in [-0.4, -0.2) is 28.5 Å². The molecule has 15 heavy (non-hydrogen) atoms. The van der Waals surface area contributed by atoms with Crippen LogP contribution in [0.1, 0.15) is 12.0 Å². The number of hydrogen-bond acceptors (Lipinski definition) is 4. The molecule has 0 aliphatic heterocycles. The van der Waals surface area contributed by atoms with E-state index in [1.54, 1.807) is 6.20 Å². The van der Waals surface area contributed by atoms with E-state index in [1.807, 2.05) is 23.9 Å². The van der Waals surface area contributed by atoms with Crippen molar-refractivity contribution in [3.05, 3.63) is 23.9 Å². The Morgan fingerprint density at radius 2 is 2.40 bits per heavy atom. The third-order valence-electron chi connectivity index (χ3n) is 1.88. The lowest BCUT2D eigenvalue weighted by Crippen LogP contribution is -2.10. The number of thiocarbonyl (C=S) groups is 1. The number of nitrogens with zero attached hydrogens (tertiary/aromatic N) is 1. The van der Waals surface area contributed by atoms with E-state index in [4.69, 9.17) is 18.0 Å². The van der Waals surface area contributed by atoms with Crippen molar-refractivity contribution in [2.75, 3.05) is 23.9 Å². The average molecular weight is 241 g/mol. The van der Waals surface area contributed by atoms with Gasteiger partial charge >= 0.3 is 0 Å². The topological polar surface area (TPSA) is 50.9 Å². The van der Waals surface area contributed by atoms with Crippen molar-refractivity contribution in [1.29, 1.82) is 0 Å². The Morgan fingerprint density at radius 3 is 2.93 bits per heavy atom. The maximum atomic E-state index is 5.47. The van der Waals surface area contributed by atoms with Crippen molar-refractivity contribution >= 4 is 34.8 Å². The largest absolute Gasteiger partial charge is 0.389 e. The van der Waals surface area contributed by atoms with E-state index in [1.165, 1.54) is 0 Å². The third-order valence-corrected chi connectivity index (χ3v) is 2.81. The molecule has 0 radical (unpaired) electrons. The normalized spacial score (nSPS) is 9.93. The van der Waals surface area contributed by atoms with E-state index in [-0.39, 0.29) is 0 Å². The first-order valence-corrected chi connectivity index (χ1v) is 6.53. The Hall–Kier alpha value is -0.810. The second-order valence-electron chi connectivity index (χ2n) is 3.07. The van der Waals surface area contributed by atoms with Crippen LogP contribution in [0.25, 0.3) is 0 Å². The molecule has 0 saturated heterocycles. The first kappa shape index (κ1) is 12.3. The molecule has 3 N–H and O–H groups in total. The van der Waals surface area contributed by atoms with Gasteiger partial charge in [0.25, 0.3) is 0 Å². The molecule has 1 rings (SSSR count). The highest BCUT2D eigenvalue weighted by molar-refractivity contribution is 7.98. The molecule has 1 aromatic rings. The van der Waals surface area contributed by atoms with Crippen molar-refractivity contribution in [2.45, 2.75) is 6.42 Å². The van der Waals surface area contributed by atoms with Gasteiger partial charge in [-0.2, -0.15) is 11.8 Å². The number of thioether (sulfide) groups is 1. The first-order chi connectivity index (χ1) is 7.24. The third kappa shape index (κ3) is 4.48. The van der Waals surface area contributed by atoms with Crippen LogP contribution in [0.15, 0.2) is 18.3 Å². The summed E-state index contributed by atoms with van der Waals surface area (Å²) in [5, 5.41) is 3.24. The summed E-state index contributed by atoms with van der Waals surface area (Å²) in [6, 6.07) is 3.78. The summed E-state index contributed by atoms with van der Waals surface area (Å²) >= 11 is 6.69. The van der Waals surface area contributed by atoms with Crippen LogP contribution < -0.4 is 11.1 Å². The van der Waals surface area contributed by atoms with Crippen molar-refractivity contribution in [3.63, 3.8) is 0 Å². The SMILES string of the molecule is CSCCCNc1ccc(C(N)=S)cn1. The highest BCUT2D eigenvalue weighted by atomic mass is 32.2. The summed E-state index contributed by atoms with van der Waals surface area (Å²) in [6.07, 6.45) is 4.94. The minimum Gasteiger partial charge on any atom is -0.389 e. The monoisotopic (exact) mass is 241 g/mol. The number of pyridine rings is 1. The fourth-order valence-electron chi connectivity index (χ4n) is 1.08. The number of rotatable bonds is 6. The summed E-state index contributed by atoms with van der Waals surface area (Å²) < 4.78 is 0. The van der Waals surface area contributed by atoms with Gasteiger partial charge in [0.15, 0.2) is 0 Å². The Bertz CT molecular complexity index is 311. The molecule has 0 aliphatic rings. The minimum atomic E-state index is 0.386. The molecule has 0 unspecified atom stereocenters. The molecule has 0 fully saturated rings. The van der Waals surface area contributed by atoms with Gasteiger partial charge in [-0.3, -0.25) is 0 Å². The van der Waals surface area contributed by atoms with Crippen molar-refractivity contribution in [1.82, 2.24) is 4.98 Å². The molecule has 1 heterocycles. The maximum absolute atomic E-state index is 5.47. The molecule has 5 heteroatoms. The summed E-state index contributed by atoms with van der Waals surface area (Å²) in [7, 11) is 0. The van der Waals surface area contributed by atoms with E-state index in [0.717, 1.165) is 30.1 Å². The Balaban J connectivity index is 2.39. The Kier molecular flexibility index (Phi) is 5.42. The minimum absolute atomic E-state index is 0.386. The summed E-state index contributed by atoms with van der Waals surface area (Å²) in [4.78, 5) is 4.60. The van der Waals surface area contributed by atoms with E-state index in [2.05, 4.69) is 16.6 Å². The predicted molar refractivity (Wildman–Crippen MR) is 71.6 cm³/mol. The predicted octanol–water partition coefficient (Wildman–Crippen LogP) is 1.88. The number of anilines is 1. The second-order valence-corrected chi connectivity index (χ2v) is 4.49. The zero-order valence-electron chi connectivity index (χ0n) is 8.69. The lowest BCUT2D eigenvalue weighted by atomic mass is 10.3. The highest BCUT2D eigenvalue weighted by Crippen LogP contribution is 2.05. The van der Waals surface area contributed by atoms with Crippen molar-refractivity contribution in [2.24, 2.45) is 5.73 Å². The van der Waals surface area contributed by atoms with Crippen LogP contribution in [0.4, 0.5) is 5.82 Å². The smallest absolute Gasteiger partial charge is 0.125 e.